The second kappa shape index (κ2) is 4.71. The van der Waals surface area contributed by atoms with Crippen LogP contribution in [0.3, 0.4) is 0 Å². The number of nitrogens with zero attached hydrogens (tertiary/aromatic N) is 1. The molecule has 0 radical (unpaired) electrons. The van der Waals surface area contributed by atoms with Crippen molar-refractivity contribution in [3.8, 4) is 0 Å². The standard InChI is InChI=1S/C16H13BrN2OS/c1-9-5-6-13(15(20)18-9)19-12-4-2-3-11(17)14(12)10-7-8-21-16(10)19/h2-4,7-8,13H,1,5-6H2,(H,18,20). The first-order valence-corrected chi connectivity index (χ1v) is 8.48. The summed E-state index contributed by atoms with van der Waals surface area (Å²) >= 11 is 5.33. The summed E-state index contributed by atoms with van der Waals surface area (Å²) in [5.41, 5.74) is 1.93. The van der Waals surface area contributed by atoms with Gasteiger partial charge in [0.25, 0.3) is 0 Å². The maximum absolute atomic E-state index is 12.4. The number of hydrogen-bond acceptors (Lipinski definition) is 2. The minimum absolute atomic E-state index is 0.0402. The minimum Gasteiger partial charge on any atom is -0.329 e. The van der Waals surface area contributed by atoms with Crippen molar-refractivity contribution < 1.29 is 4.79 Å². The fourth-order valence-electron chi connectivity index (χ4n) is 3.09. The molecule has 2 aromatic heterocycles. The van der Waals surface area contributed by atoms with E-state index < -0.39 is 0 Å². The average molecular weight is 361 g/mol. The van der Waals surface area contributed by atoms with Gasteiger partial charge in [-0.2, -0.15) is 0 Å². The van der Waals surface area contributed by atoms with Crippen molar-refractivity contribution in [2.75, 3.05) is 0 Å². The van der Waals surface area contributed by atoms with Crippen LogP contribution < -0.4 is 5.32 Å². The molecule has 0 saturated carbocycles. The van der Waals surface area contributed by atoms with Gasteiger partial charge in [-0.25, -0.2) is 0 Å². The zero-order chi connectivity index (χ0) is 14.6. The molecule has 3 aromatic rings. The van der Waals surface area contributed by atoms with Gasteiger partial charge in [0, 0.05) is 20.9 Å². The number of nitrogens with one attached hydrogen (secondary N) is 1. The molecule has 1 unspecified atom stereocenters. The van der Waals surface area contributed by atoms with Gasteiger partial charge in [-0.15, -0.1) is 11.3 Å². The van der Waals surface area contributed by atoms with Gasteiger partial charge in [0.15, 0.2) is 0 Å². The Kier molecular flexibility index (Phi) is 2.94. The Hall–Kier alpha value is -1.59. The van der Waals surface area contributed by atoms with Crippen LogP contribution in [0, 0.1) is 0 Å². The molecule has 1 atom stereocenters. The van der Waals surface area contributed by atoms with E-state index in [-0.39, 0.29) is 11.9 Å². The van der Waals surface area contributed by atoms with E-state index >= 15 is 0 Å². The largest absolute Gasteiger partial charge is 0.329 e. The van der Waals surface area contributed by atoms with Crippen molar-refractivity contribution in [1.29, 1.82) is 0 Å². The molecular formula is C16H13BrN2OS. The van der Waals surface area contributed by atoms with Gasteiger partial charge in [-0.3, -0.25) is 4.79 Å². The lowest BCUT2D eigenvalue weighted by molar-refractivity contribution is -0.124. The lowest BCUT2D eigenvalue weighted by atomic mass is 10.0. The van der Waals surface area contributed by atoms with Crippen LogP contribution >= 0.6 is 27.3 Å². The maximum atomic E-state index is 12.4. The van der Waals surface area contributed by atoms with Crippen LogP contribution in [0.4, 0.5) is 0 Å². The van der Waals surface area contributed by atoms with E-state index in [2.05, 4.69) is 49.9 Å². The van der Waals surface area contributed by atoms with Gasteiger partial charge in [0.2, 0.25) is 5.91 Å². The van der Waals surface area contributed by atoms with E-state index in [1.165, 1.54) is 10.8 Å². The number of halogens is 1. The van der Waals surface area contributed by atoms with Crippen molar-refractivity contribution >= 4 is 54.3 Å². The van der Waals surface area contributed by atoms with E-state index in [0.717, 1.165) is 33.4 Å². The number of fused-ring (bicyclic) bond motifs is 3. The molecule has 1 aliphatic heterocycles. The Labute approximate surface area is 134 Å². The zero-order valence-corrected chi connectivity index (χ0v) is 13.6. The molecule has 1 amide bonds. The first kappa shape index (κ1) is 13.1. The summed E-state index contributed by atoms with van der Waals surface area (Å²) in [6.45, 7) is 3.86. The Morgan fingerprint density at radius 1 is 1.38 bits per heavy atom. The van der Waals surface area contributed by atoms with Gasteiger partial charge in [-0.1, -0.05) is 28.6 Å². The quantitative estimate of drug-likeness (QED) is 0.676. The van der Waals surface area contributed by atoms with Gasteiger partial charge >= 0.3 is 0 Å². The van der Waals surface area contributed by atoms with Gasteiger partial charge in [0.1, 0.15) is 10.9 Å². The molecule has 0 aliphatic carbocycles. The van der Waals surface area contributed by atoms with Gasteiger partial charge < -0.3 is 9.88 Å². The highest BCUT2D eigenvalue weighted by atomic mass is 79.9. The topological polar surface area (TPSA) is 34.0 Å². The number of allylic oxidation sites excluding steroid dienone is 1. The van der Waals surface area contributed by atoms with E-state index in [1.54, 1.807) is 11.3 Å². The van der Waals surface area contributed by atoms with Crippen LogP contribution in [0.2, 0.25) is 0 Å². The van der Waals surface area contributed by atoms with Crippen molar-refractivity contribution in [3.05, 3.63) is 46.4 Å². The number of carbonyl (C=O) groups is 1. The first-order chi connectivity index (χ1) is 10.2. The molecule has 21 heavy (non-hydrogen) atoms. The van der Waals surface area contributed by atoms with Gasteiger partial charge in [-0.05, 0) is 36.4 Å². The third kappa shape index (κ3) is 1.88. The third-order valence-corrected chi connectivity index (χ3v) is 5.59. The first-order valence-electron chi connectivity index (χ1n) is 6.81. The lowest BCUT2D eigenvalue weighted by Gasteiger charge is -2.25. The molecule has 3 nitrogen and oxygen atoms in total. The number of hydrogen-bond donors (Lipinski definition) is 1. The molecule has 0 bridgehead atoms. The number of benzene rings is 1. The Balaban J connectivity index is 2.02. The fourth-order valence-corrected chi connectivity index (χ4v) is 4.62. The highest BCUT2D eigenvalue weighted by molar-refractivity contribution is 9.10. The summed E-state index contributed by atoms with van der Waals surface area (Å²) in [6.07, 6.45) is 1.63. The zero-order valence-electron chi connectivity index (χ0n) is 11.2. The summed E-state index contributed by atoms with van der Waals surface area (Å²) in [4.78, 5) is 13.6. The van der Waals surface area contributed by atoms with Crippen LogP contribution in [0.5, 0.6) is 0 Å². The van der Waals surface area contributed by atoms with Crippen LogP contribution in [0.15, 0.2) is 46.4 Å². The van der Waals surface area contributed by atoms with Gasteiger partial charge in [0.05, 0.1) is 5.52 Å². The molecular weight excluding hydrogens is 348 g/mol. The van der Waals surface area contributed by atoms with Crippen molar-refractivity contribution in [2.45, 2.75) is 18.9 Å². The van der Waals surface area contributed by atoms with E-state index in [1.807, 2.05) is 12.1 Å². The molecule has 5 heteroatoms. The number of thiophene rings is 1. The summed E-state index contributed by atoms with van der Waals surface area (Å²) in [5.74, 6) is 0.0402. The number of piperidine rings is 1. The normalized spacial score (nSPS) is 19.4. The highest BCUT2D eigenvalue weighted by Gasteiger charge is 2.29. The van der Waals surface area contributed by atoms with E-state index in [9.17, 15) is 4.79 Å². The second-order valence-electron chi connectivity index (χ2n) is 5.29. The van der Waals surface area contributed by atoms with Crippen LogP contribution in [-0.4, -0.2) is 10.5 Å². The molecule has 3 heterocycles. The molecule has 1 aromatic carbocycles. The minimum atomic E-state index is -0.163. The Morgan fingerprint density at radius 3 is 3.05 bits per heavy atom. The van der Waals surface area contributed by atoms with Crippen LogP contribution in [-0.2, 0) is 4.79 Å². The summed E-state index contributed by atoms with van der Waals surface area (Å²) in [7, 11) is 0. The Bertz CT molecular complexity index is 892. The number of aromatic nitrogens is 1. The summed E-state index contributed by atoms with van der Waals surface area (Å²) < 4.78 is 3.25. The highest BCUT2D eigenvalue weighted by Crippen LogP contribution is 2.40. The fraction of sp³-hybridized carbons (Fsp3) is 0.188. The number of carbonyl (C=O) groups excluding carboxylic acids is 1. The lowest BCUT2D eigenvalue weighted by Crippen LogP contribution is -2.36. The summed E-state index contributed by atoms with van der Waals surface area (Å²) in [6, 6.07) is 8.12. The molecule has 4 rings (SSSR count). The molecule has 106 valence electrons. The third-order valence-electron chi connectivity index (χ3n) is 4.02. The van der Waals surface area contributed by atoms with E-state index in [4.69, 9.17) is 0 Å². The molecule has 1 saturated heterocycles. The number of amides is 1. The van der Waals surface area contributed by atoms with E-state index in [0.29, 0.717) is 0 Å². The van der Waals surface area contributed by atoms with Crippen molar-refractivity contribution in [2.24, 2.45) is 0 Å². The van der Waals surface area contributed by atoms with Crippen molar-refractivity contribution in [1.82, 2.24) is 9.88 Å². The predicted molar refractivity (Wildman–Crippen MR) is 90.6 cm³/mol. The summed E-state index contributed by atoms with van der Waals surface area (Å²) in [5, 5.41) is 7.37. The molecule has 1 fully saturated rings. The SMILES string of the molecule is C=C1CCC(n2c3cccc(Br)c3c3ccsc32)C(=O)N1. The van der Waals surface area contributed by atoms with Crippen LogP contribution in [0.1, 0.15) is 18.9 Å². The van der Waals surface area contributed by atoms with Crippen molar-refractivity contribution in [3.63, 3.8) is 0 Å². The molecule has 1 aliphatic rings. The van der Waals surface area contributed by atoms with Crippen LogP contribution in [0.25, 0.3) is 21.1 Å². The molecule has 0 spiro atoms. The second-order valence-corrected chi connectivity index (χ2v) is 7.04. The molecule has 1 N–H and O–H groups in total. The monoisotopic (exact) mass is 360 g/mol. The Morgan fingerprint density at radius 2 is 2.24 bits per heavy atom. The average Bonchev–Trinajstić information content (AvgIpc) is 3.00. The number of rotatable bonds is 1. The predicted octanol–water partition coefficient (Wildman–Crippen LogP) is 4.58. The maximum Gasteiger partial charge on any atom is 0.247 e. The smallest absolute Gasteiger partial charge is 0.247 e.